The summed E-state index contributed by atoms with van der Waals surface area (Å²) >= 11 is 0. The number of rotatable bonds is 4. The molecule has 0 radical (unpaired) electrons. The number of esters is 1. The van der Waals surface area contributed by atoms with E-state index in [1.807, 2.05) is 0 Å². The molecule has 3 aliphatic rings. The highest BCUT2D eigenvalue weighted by molar-refractivity contribution is 6.15. The summed E-state index contributed by atoms with van der Waals surface area (Å²) in [4.78, 5) is 53.3. The minimum atomic E-state index is -1.55. The van der Waals surface area contributed by atoms with E-state index in [-0.39, 0.29) is 36.6 Å². The maximum absolute atomic E-state index is 13.1. The van der Waals surface area contributed by atoms with Crippen molar-refractivity contribution >= 4 is 29.4 Å². The summed E-state index contributed by atoms with van der Waals surface area (Å²) < 4.78 is 5.30. The van der Waals surface area contributed by atoms with Crippen molar-refractivity contribution in [1.82, 2.24) is 10.2 Å². The smallest absolute Gasteiger partial charge is 0.354 e. The quantitative estimate of drug-likeness (QED) is 0.786. The molecule has 4 rings (SSSR count). The van der Waals surface area contributed by atoms with Gasteiger partial charge in [0.15, 0.2) is 6.61 Å². The Labute approximate surface area is 162 Å². The lowest BCUT2D eigenvalue weighted by atomic mass is 9.97. The molecule has 1 atom stereocenters. The molecule has 1 N–H and O–H groups in total. The van der Waals surface area contributed by atoms with Crippen LogP contribution in [-0.4, -0.2) is 54.0 Å². The van der Waals surface area contributed by atoms with Gasteiger partial charge in [-0.15, -0.1) is 0 Å². The van der Waals surface area contributed by atoms with Crippen LogP contribution in [0.3, 0.4) is 0 Å². The molecule has 0 unspecified atom stereocenters. The molecule has 1 aliphatic carbocycles. The third kappa shape index (κ3) is 2.75. The number of para-hydroxylation sites is 1. The van der Waals surface area contributed by atoms with Crippen molar-refractivity contribution in [3.8, 4) is 0 Å². The van der Waals surface area contributed by atoms with Crippen molar-refractivity contribution in [2.24, 2.45) is 0 Å². The molecule has 148 valence electrons. The van der Waals surface area contributed by atoms with Crippen LogP contribution < -0.4 is 10.2 Å². The second-order valence-corrected chi connectivity index (χ2v) is 7.55. The average molecular weight is 385 g/mol. The van der Waals surface area contributed by atoms with Gasteiger partial charge < -0.3 is 15.0 Å². The fourth-order valence-electron chi connectivity index (χ4n) is 4.48. The van der Waals surface area contributed by atoms with Crippen LogP contribution in [-0.2, 0) is 19.1 Å². The lowest BCUT2D eigenvalue weighted by molar-refractivity contribution is -0.159. The molecule has 2 aliphatic heterocycles. The zero-order valence-electron chi connectivity index (χ0n) is 15.8. The SMILES string of the molecule is CN1C(=O)c2ccccc2N2C(=O)CC[C@]12C(=O)OCC(=O)NC1CCCC1. The summed E-state index contributed by atoms with van der Waals surface area (Å²) in [6.45, 7) is -0.428. The minimum Gasteiger partial charge on any atom is -0.452 e. The normalized spacial score (nSPS) is 24.2. The molecule has 1 saturated heterocycles. The number of amides is 3. The fourth-order valence-corrected chi connectivity index (χ4v) is 4.48. The summed E-state index contributed by atoms with van der Waals surface area (Å²) in [5.41, 5.74) is -0.779. The fraction of sp³-hybridized carbons (Fsp3) is 0.500. The number of nitrogens with zero attached hydrogens (tertiary/aromatic N) is 2. The number of hydrogen-bond acceptors (Lipinski definition) is 5. The zero-order chi connectivity index (χ0) is 19.9. The van der Waals surface area contributed by atoms with E-state index in [0.29, 0.717) is 11.3 Å². The van der Waals surface area contributed by atoms with Crippen LogP contribution in [0.25, 0.3) is 0 Å². The molecule has 1 aromatic carbocycles. The topological polar surface area (TPSA) is 96.0 Å². The van der Waals surface area contributed by atoms with E-state index in [1.54, 1.807) is 24.3 Å². The van der Waals surface area contributed by atoms with Crippen molar-refractivity contribution in [2.45, 2.75) is 50.2 Å². The first-order valence-electron chi connectivity index (χ1n) is 9.62. The van der Waals surface area contributed by atoms with Gasteiger partial charge in [0.25, 0.3) is 11.8 Å². The molecule has 2 fully saturated rings. The predicted octanol–water partition coefficient (Wildman–Crippen LogP) is 1.20. The Kier molecular flexibility index (Phi) is 4.56. The number of likely N-dealkylation sites (N-methyl/N-ethyl adjacent to an activating group) is 1. The summed E-state index contributed by atoms with van der Waals surface area (Å²) in [7, 11) is 1.49. The van der Waals surface area contributed by atoms with Gasteiger partial charge in [0, 0.05) is 25.9 Å². The first kappa shape index (κ1) is 18.5. The Morgan fingerprint density at radius 1 is 1.21 bits per heavy atom. The highest BCUT2D eigenvalue weighted by Crippen LogP contribution is 2.44. The molecule has 1 saturated carbocycles. The number of carbonyl (C=O) groups is 4. The number of carbonyl (C=O) groups excluding carboxylic acids is 4. The molecule has 2 heterocycles. The zero-order valence-corrected chi connectivity index (χ0v) is 15.8. The van der Waals surface area contributed by atoms with Crippen LogP contribution in [0.5, 0.6) is 0 Å². The molecule has 28 heavy (non-hydrogen) atoms. The summed E-state index contributed by atoms with van der Waals surface area (Å²) in [6.07, 6.45) is 4.27. The van der Waals surface area contributed by atoms with E-state index in [2.05, 4.69) is 5.32 Å². The molecule has 3 amide bonds. The van der Waals surface area contributed by atoms with E-state index in [9.17, 15) is 19.2 Å². The molecule has 8 nitrogen and oxygen atoms in total. The van der Waals surface area contributed by atoms with Gasteiger partial charge in [-0.25, -0.2) is 4.79 Å². The Morgan fingerprint density at radius 3 is 2.68 bits per heavy atom. The second-order valence-electron chi connectivity index (χ2n) is 7.55. The van der Waals surface area contributed by atoms with Gasteiger partial charge in [0.1, 0.15) is 0 Å². The molecular weight excluding hydrogens is 362 g/mol. The van der Waals surface area contributed by atoms with Gasteiger partial charge in [0.2, 0.25) is 11.6 Å². The molecule has 0 bridgehead atoms. The van der Waals surface area contributed by atoms with Gasteiger partial charge in [-0.3, -0.25) is 19.3 Å². The maximum Gasteiger partial charge on any atom is 0.354 e. The van der Waals surface area contributed by atoms with E-state index in [0.717, 1.165) is 25.7 Å². The lowest BCUT2D eigenvalue weighted by Gasteiger charge is -2.46. The maximum atomic E-state index is 13.1. The van der Waals surface area contributed by atoms with Gasteiger partial charge in [-0.1, -0.05) is 25.0 Å². The second kappa shape index (κ2) is 6.92. The molecule has 0 spiro atoms. The van der Waals surface area contributed by atoms with Gasteiger partial charge in [-0.05, 0) is 25.0 Å². The summed E-state index contributed by atoms with van der Waals surface area (Å²) in [5, 5.41) is 2.86. The van der Waals surface area contributed by atoms with Gasteiger partial charge in [0.05, 0.1) is 11.3 Å². The Morgan fingerprint density at radius 2 is 1.93 bits per heavy atom. The van der Waals surface area contributed by atoms with Crippen LogP contribution in [0.1, 0.15) is 48.9 Å². The number of hydrogen-bond donors (Lipinski definition) is 1. The lowest BCUT2D eigenvalue weighted by Crippen LogP contribution is -2.67. The van der Waals surface area contributed by atoms with Crippen LogP contribution in [0.4, 0.5) is 5.69 Å². The van der Waals surface area contributed by atoms with Crippen molar-refractivity contribution in [1.29, 1.82) is 0 Å². The number of fused-ring (bicyclic) bond motifs is 3. The summed E-state index contributed by atoms with van der Waals surface area (Å²) in [5.74, 6) is -1.73. The summed E-state index contributed by atoms with van der Waals surface area (Å²) in [6, 6.07) is 6.83. The van der Waals surface area contributed by atoms with Gasteiger partial charge in [-0.2, -0.15) is 0 Å². The Bertz CT molecular complexity index is 848. The first-order chi connectivity index (χ1) is 13.4. The van der Waals surface area contributed by atoms with Crippen LogP contribution in [0.2, 0.25) is 0 Å². The van der Waals surface area contributed by atoms with Gasteiger partial charge >= 0.3 is 5.97 Å². The Balaban J connectivity index is 1.56. The standard InChI is InChI=1S/C20H23N3O5/c1-22-18(26)14-8-4-5-9-15(14)23-17(25)10-11-20(22,23)19(27)28-12-16(24)21-13-6-2-3-7-13/h4-5,8-9,13H,2-3,6-7,10-12H2,1H3,(H,21,24)/t20-/m0/s1. The third-order valence-corrected chi connectivity index (χ3v) is 5.92. The van der Waals surface area contributed by atoms with Crippen LogP contribution in [0.15, 0.2) is 24.3 Å². The predicted molar refractivity (Wildman–Crippen MR) is 99.3 cm³/mol. The average Bonchev–Trinajstić information content (AvgIpc) is 3.32. The molecule has 0 aromatic heterocycles. The van der Waals surface area contributed by atoms with E-state index in [1.165, 1.54) is 16.8 Å². The number of nitrogens with one attached hydrogen (secondary N) is 1. The molecular formula is C20H23N3O5. The molecule has 8 heteroatoms. The third-order valence-electron chi connectivity index (χ3n) is 5.92. The van der Waals surface area contributed by atoms with Crippen molar-refractivity contribution in [2.75, 3.05) is 18.6 Å². The number of anilines is 1. The van der Waals surface area contributed by atoms with Crippen LogP contribution in [0, 0.1) is 0 Å². The molecule has 1 aromatic rings. The van der Waals surface area contributed by atoms with E-state index in [4.69, 9.17) is 4.74 Å². The van der Waals surface area contributed by atoms with Crippen molar-refractivity contribution in [3.05, 3.63) is 29.8 Å². The van der Waals surface area contributed by atoms with Crippen molar-refractivity contribution in [3.63, 3.8) is 0 Å². The Hall–Kier alpha value is -2.90. The highest BCUT2D eigenvalue weighted by Gasteiger charge is 2.60. The highest BCUT2D eigenvalue weighted by atomic mass is 16.5. The number of benzene rings is 1. The largest absolute Gasteiger partial charge is 0.452 e. The first-order valence-corrected chi connectivity index (χ1v) is 9.62. The van der Waals surface area contributed by atoms with Crippen LogP contribution >= 0.6 is 0 Å². The van der Waals surface area contributed by atoms with E-state index < -0.39 is 18.2 Å². The monoisotopic (exact) mass is 385 g/mol. The number of ether oxygens (including phenoxy) is 1. The van der Waals surface area contributed by atoms with E-state index >= 15 is 0 Å². The van der Waals surface area contributed by atoms with Crippen molar-refractivity contribution < 1.29 is 23.9 Å². The minimum absolute atomic E-state index is 0.120.